The third kappa shape index (κ3) is 10.6. The maximum atomic E-state index is 13.2. The van der Waals surface area contributed by atoms with Gasteiger partial charge in [-0.05, 0) is 61.3 Å². The fraction of sp³-hybridized carbons (Fsp3) is 0.417. The molecule has 9 nitrogen and oxygen atoms in total. The number of aryl methyl sites for hydroxylation is 2. The standard InChI is InChI=1S/C36H45N3O6/c1-25(23-39-17-18-44-36(39)43)19-33(41)37-30(20-28-13-6-4-7-14-28)22-32(40)31(21-29-15-8-5-9-16-29)38-34(42)24-45-35-26(2)11-10-12-27(35)3/h4-16,25,30-32,40H,17-24H2,1-3H3,(H,37,41)(H,38,42)/t25?,30-,31-,32-/m0/s1. The average molecular weight is 616 g/mol. The van der Waals surface area contributed by atoms with Crippen LogP contribution in [0, 0.1) is 19.8 Å². The molecule has 1 unspecified atom stereocenters. The summed E-state index contributed by atoms with van der Waals surface area (Å²) in [5.74, 6) is 0.110. The number of carbonyl (C=O) groups excluding carboxylic acids is 3. The molecule has 3 aromatic carbocycles. The topological polar surface area (TPSA) is 117 Å². The van der Waals surface area contributed by atoms with Gasteiger partial charge in [-0.25, -0.2) is 4.79 Å². The Kier molecular flexibility index (Phi) is 12.4. The molecule has 3 amide bonds. The van der Waals surface area contributed by atoms with Crippen LogP contribution in [0.2, 0.25) is 0 Å². The first-order valence-corrected chi connectivity index (χ1v) is 15.6. The number of hydrogen-bond donors (Lipinski definition) is 3. The lowest BCUT2D eigenvalue weighted by molar-refractivity contribution is -0.125. The van der Waals surface area contributed by atoms with Gasteiger partial charge < -0.3 is 30.1 Å². The quantitative estimate of drug-likeness (QED) is 0.220. The molecule has 1 aliphatic heterocycles. The summed E-state index contributed by atoms with van der Waals surface area (Å²) >= 11 is 0. The molecule has 1 aliphatic rings. The number of cyclic esters (lactones) is 1. The number of amides is 3. The molecule has 1 saturated heterocycles. The maximum absolute atomic E-state index is 13.2. The molecule has 0 radical (unpaired) electrons. The van der Waals surface area contributed by atoms with E-state index in [1.807, 2.05) is 99.6 Å². The smallest absolute Gasteiger partial charge is 0.409 e. The summed E-state index contributed by atoms with van der Waals surface area (Å²) in [6, 6.07) is 24.3. The minimum atomic E-state index is -0.958. The minimum Gasteiger partial charge on any atom is -0.483 e. The Hall–Kier alpha value is -4.37. The van der Waals surface area contributed by atoms with Gasteiger partial charge in [0.25, 0.3) is 5.91 Å². The lowest BCUT2D eigenvalue weighted by Gasteiger charge is -2.29. The highest BCUT2D eigenvalue weighted by molar-refractivity contribution is 5.78. The third-order valence-electron chi connectivity index (χ3n) is 7.99. The van der Waals surface area contributed by atoms with E-state index in [1.54, 1.807) is 4.90 Å². The Morgan fingerprint density at radius 1 is 0.889 bits per heavy atom. The molecular formula is C36H45N3O6. The molecular weight excluding hydrogens is 570 g/mol. The summed E-state index contributed by atoms with van der Waals surface area (Å²) in [4.78, 5) is 39.8. The van der Waals surface area contributed by atoms with E-state index in [9.17, 15) is 19.5 Å². The van der Waals surface area contributed by atoms with Gasteiger partial charge in [0.1, 0.15) is 12.4 Å². The first-order chi connectivity index (χ1) is 21.7. The molecule has 1 fully saturated rings. The van der Waals surface area contributed by atoms with E-state index in [2.05, 4.69) is 10.6 Å². The van der Waals surface area contributed by atoms with Gasteiger partial charge in [0, 0.05) is 19.0 Å². The molecule has 0 aliphatic carbocycles. The summed E-state index contributed by atoms with van der Waals surface area (Å²) in [6.45, 7) is 6.95. The van der Waals surface area contributed by atoms with Crippen LogP contribution in [0.1, 0.15) is 42.0 Å². The minimum absolute atomic E-state index is 0.0695. The van der Waals surface area contributed by atoms with Crippen molar-refractivity contribution in [1.82, 2.24) is 15.5 Å². The van der Waals surface area contributed by atoms with Gasteiger partial charge in [0.05, 0.1) is 18.7 Å². The van der Waals surface area contributed by atoms with Gasteiger partial charge in [-0.2, -0.15) is 0 Å². The molecule has 3 aromatic rings. The molecule has 0 saturated carbocycles. The van der Waals surface area contributed by atoms with E-state index >= 15 is 0 Å². The zero-order chi connectivity index (χ0) is 32.2. The Balaban J connectivity index is 1.43. The van der Waals surface area contributed by atoms with Crippen molar-refractivity contribution in [2.45, 2.75) is 64.6 Å². The molecule has 45 heavy (non-hydrogen) atoms. The molecule has 240 valence electrons. The van der Waals surface area contributed by atoms with Crippen molar-refractivity contribution >= 4 is 17.9 Å². The van der Waals surface area contributed by atoms with Crippen LogP contribution in [0.5, 0.6) is 5.75 Å². The van der Waals surface area contributed by atoms with Crippen LogP contribution < -0.4 is 15.4 Å². The second-order valence-corrected chi connectivity index (χ2v) is 12.0. The van der Waals surface area contributed by atoms with Crippen LogP contribution in [0.4, 0.5) is 4.79 Å². The second-order valence-electron chi connectivity index (χ2n) is 12.0. The van der Waals surface area contributed by atoms with E-state index in [1.165, 1.54) is 0 Å². The number of benzene rings is 3. The van der Waals surface area contributed by atoms with Crippen molar-refractivity contribution in [2.24, 2.45) is 5.92 Å². The van der Waals surface area contributed by atoms with E-state index in [4.69, 9.17) is 9.47 Å². The summed E-state index contributed by atoms with van der Waals surface area (Å²) in [5.41, 5.74) is 3.87. The number of nitrogens with zero attached hydrogens (tertiary/aromatic N) is 1. The summed E-state index contributed by atoms with van der Waals surface area (Å²) in [7, 11) is 0. The van der Waals surface area contributed by atoms with E-state index in [-0.39, 0.29) is 49.3 Å². The fourth-order valence-electron chi connectivity index (χ4n) is 5.75. The molecule has 0 aromatic heterocycles. The Bertz CT molecular complexity index is 1380. The monoisotopic (exact) mass is 615 g/mol. The molecule has 3 N–H and O–H groups in total. The fourth-order valence-corrected chi connectivity index (χ4v) is 5.75. The van der Waals surface area contributed by atoms with Crippen molar-refractivity contribution in [3.05, 3.63) is 101 Å². The van der Waals surface area contributed by atoms with Crippen LogP contribution in [-0.2, 0) is 27.2 Å². The van der Waals surface area contributed by atoms with Crippen molar-refractivity contribution in [2.75, 3.05) is 26.3 Å². The highest BCUT2D eigenvalue weighted by Crippen LogP contribution is 2.22. The van der Waals surface area contributed by atoms with E-state index in [0.717, 1.165) is 22.3 Å². The lowest BCUT2D eigenvalue weighted by atomic mass is 9.93. The van der Waals surface area contributed by atoms with Gasteiger partial charge in [-0.15, -0.1) is 0 Å². The zero-order valence-electron chi connectivity index (χ0n) is 26.4. The molecule has 9 heteroatoms. The highest BCUT2D eigenvalue weighted by Gasteiger charge is 2.28. The second kappa shape index (κ2) is 16.6. The summed E-state index contributed by atoms with van der Waals surface area (Å²) in [6.07, 6.45) is 0.0663. The SMILES string of the molecule is Cc1cccc(C)c1OCC(=O)N[C@@H](Cc1ccccc1)[C@@H](O)C[C@H](Cc1ccccc1)NC(=O)CC(C)CN1CCOC1=O. The molecule has 4 atom stereocenters. The van der Waals surface area contributed by atoms with Crippen LogP contribution in [0.25, 0.3) is 0 Å². The molecule has 0 bridgehead atoms. The number of aliphatic hydroxyl groups excluding tert-OH is 1. The molecule has 0 spiro atoms. The average Bonchev–Trinajstić information content (AvgIpc) is 3.41. The Morgan fingerprint density at radius 3 is 2.11 bits per heavy atom. The number of nitrogens with one attached hydrogen (secondary N) is 2. The van der Waals surface area contributed by atoms with Crippen LogP contribution in [0.15, 0.2) is 78.9 Å². The Morgan fingerprint density at radius 2 is 1.51 bits per heavy atom. The zero-order valence-corrected chi connectivity index (χ0v) is 26.4. The van der Waals surface area contributed by atoms with Crippen molar-refractivity contribution < 1.29 is 29.0 Å². The first kappa shape index (κ1) is 33.5. The number of rotatable bonds is 16. The predicted octanol–water partition coefficient (Wildman–Crippen LogP) is 4.37. The number of aliphatic hydroxyl groups is 1. The lowest BCUT2D eigenvalue weighted by Crippen LogP contribution is -2.49. The van der Waals surface area contributed by atoms with Crippen LogP contribution in [0.3, 0.4) is 0 Å². The van der Waals surface area contributed by atoms with Gasteiger partial charge in [-0.3, -0.25) is 9.59 Å². The van der Waals surface area contributed by atoms with E-state index in [0.29, 0.717) is 38.3 Å². The van der Waals surface area contributed by atoms with Crippen LogP contribution >= 0.6 is 0 Å². The third-order valence-corrected chi connectivity index (χ3v) is 7.99. The predicted molar refractivity (Wildman–Crippen MR) is 173 cm³/mol. The summed E-state index contributed by atoms with van der Waals surface area (Å²) < 4.78 is 10.9. The van der Waals surface area contributed by atoms with Gasteiger partial charge in [-0.1, -0.05) is 85.8 Å². The number of hydrogen-bond acceptors (Lipinski definition) is 6. The summed E-state index contributed by atoms with van der Waals surface area (Å²) in [5, 5.41) is 17.7. The first-order valence-electron chi connectivity index (χ1n) is 15.6. The van der Waals surface area contributed by atoms with Crippen LogP contribution in [-0.4, -0.2) is 72.4 Å². The van der Waals surface area contributed by atoms with Crippen molar-refractivity contribution in [1.29, 1.82) is 0 Å². The van der Waals surface area contributed by atoms with Gasteiger partial charge in [0.2, 0.25) is 5.91 Å². The largest absolute Gasteiger partial charge is 0.483 e. The number of ether oxygens (including phenoxy) is 2. The molecule has 4 rings (SSSR count). The molecule has 1 heterocycles. The van der Waals surface area contributed by atoms with E-state index < -0.39 is 12.1 Å². The van der Waals surface area contributed by atoms with Gasteiger partial charge in [0.15, 0.2) is 6.61 Å². The highest BCUT2D eigenvalue weighted by atomic mass is 16.6. The maximum Gasteiger partial charge on any atom is 0.409 e. The van der Waals surface area contributed by atoms with Gasteiger partial charge >= 0.3 is 6.09 Å². The number of para-hydroxylation sites is 1. The van der Waals surface area contributed by atoms with Crippen molar-refractivity contribution in [3.63, 3.8) is 0 Å². The normalized spacial score (nSPS) is 15.5. The Labute approximate surface area is 265 Å². The number of carbonyl (C=O) groups is 3. The van der Waals surface area contributed by atoms with Crippen molar-refractivity contribution in [3.8, 4) is 5.75 Å².